The highest BCUT2D eigenvalue weighted by Crippen LogP contribution is 2.47. The average Bonchev–Trinajstić information content (AvgIpc) is 3.11. The van der Waals surface area contributed by atoms with Crippen LogP contribution in [0, 0.1) is 10.1 Å². The van der Waals surface area contributed by atoms with Crippen LogP contribution in [0.1, 0.15) is 30.3 Å². The predicted molar refractivity (Wildman–Crippen MR) is 94.0 cm³/mol. The van der Waals surface area contributed by atoms with Gasteiger partial charge in [0.05, 0.1) is 16.7 Å². The first-order valence-electron chi connectivity index (χ1n) is 7.80. The van der Waals surface area contributed by atoms with Gasteiger partial charge in [-0.05, 0) is 17.7 Å². The maximum atomic E-state index is 10.9. The smallest absolute Gasteiger partial charge is 0.269 e. The lowest BCUT2D eigenvalue weighted by molar-refractivity contribution is -0.384. The molecule has 0 saturated carbocycles. The molecule has 6 nitrogen and oxygen atoms in total. The van der Waals surface area contributed by atoms with Crippen molar-refractivity contribution >= 4 is 22.6 Å². The summed E-state index contributed by atoms with van der Waals surface area (Å²) in [4.78, 5) is 22.2. The van der Waals surface area contributed by atoms with Crippen LogP contribution in [-0.4, -0.2) is 31.8 Å². The molecule has 2 aromatic rings. The second-order valence-electron chi connectivity index (χ2n) is 5.99. The van der Waals surface area contributed by atoms with E-state index in [0.29, 0.717) is 5.25 Å². The largest absolute Gasteiger partial charge is 0.341 e. The third kappa shape index (κ3) is 2.54. The normalized spacial score (nSPS) is 25.5. The van der Waals surface area contributed by atoms with E-state index in [-0.39, 0.29) is 22.7 Å². The molecule has 1 fully saturated rings. The van der Waals surface area contributed by atoms with Crippen molar-refractivity contribution in [1.82, 2.24) is 9.88 Å². The highest BCUT2D eigenvalue weighted by atomic mass is 32.2. The van der Waals surface area contributed by atoms with Gasteiger partial charge in [-0.2, -0.15) is 0 Å². The van der Waals surface area contributed by atoms with Gasteiger partial charge in [0, 0.05) is 30.1 Å². The zero-order valence-corrected chi connectivity index (χ0v) is 13.9. The van der Waals surface area contributed by atoms with E-state index in [9.17, 15) is 10.1 Å². The van der Waals surface area contributed by atoms with Crippen LogP contribution in [0.4, 0.5) is 5.69 Å². The molecule has 0 spiro atoms. The standard InChI is InChI=1S/C17H16N4O2S/c1-11-10-20-16(12-5-7-13(8-6-12)21(22)23)15(19-17(20)24-11)14-4-2-3-9-18-14/h2-9,11,15-16H,10H2,1H3/t11-,15+,16-/m0/s1. The molecule has 24 heavy (non-hydrogen) atoms. The minimum Gasteiger partial charge on any atom is -0.341 e. The van der Waals surface area contributed by atoms with Gasteiger partial charge < -0.3 is 4.90 Å². The van der Waals surface area contributed by atoms with Crippen LogP contribution in [0.25, 0.3) is 0 Å². The number of nitrogens with zero attached hydrogens (tertiary/aromatic N) is 4. The number of nitro groups is 1. The molecule has 1 aromatic heterocycles. The summed E-state index contributed by atoms with van der Waals surface area (Å²) in [5.41, 5.74) is 2.07. The Morgan fingerprint density at radius 3 is 2.71 bits per heavy atom. The van der Waals surface area contributed by atoms with Gasteiger partial charge in [-0.15, -0.1) is 0 Å². The van der Waals surface area contributed by atoms with Crippen LogP contribution >= 0.6 is 11.8 Å². The maximum Gasteiger partial charge on any atom is 0.269 e. The molecule has 0 bridgehead atoms. The summed E-state index contributed by atoms with van der Waals surface area (Å²) in [6.07, 6.45) is 1.78. The van der Waals surface area contributed by atoms with Crippen molar-refractivity contribution in [3.8, 4) is 0 Å². The summed E-state index contributed by atoms with van der Waals surface area (Å²) in [6.45, 7) is 3.11. The topological polar surface area (TPSA) is 71.6 Å². The number of fused-ring (bicyclic) bond motifs is 1. The quantitative estimate of drug-likeness (QED) is 0.631. The molecule has 0 N–H and O–H groups in total. The molecule has 3 atom stereocenters. The SMILES string of the molecule is C[C@H]1CN2C(=N[C@H](c3ccccn3)[C@@H]2c2ccc([N+](=O)[O-])cc2)S1. The lowest BCUT2D eigenvalue weighted by Crippen LogP contribution is -2.28. The Morgan fingerprint density at radius 2 is 2.04 bits per heavy atom. The molecule has 0 unspecified atom stereocenters. The minimum absolute atomic E-state index is 0.0353. The van der Waals surface area contributed by atoms with Crippen molar-refractivity contribution in [2.75, 3.05) is 6.54 Å². The van der Waals surface area contributed by atoms with Crippen molar-refractivity contribution in [3.05, 3.63) is 70.0 Å². The second-order valence-corrected chi connectivity index (χ2v) is 7.39. The molecule has 4 rings (SSSR count). The van der Waals surface area contributed by atoms with E-state index in [1.807, 2.05) is 30.3 Å². The summed E-state index contributed by atoms with van der Waals surface area (Å²) in [5, 5.41) is 12.4. The Kier molecular flexibility index (Phi) is 3.72. The lowest BCUT2D eigenvalue weighted by Gasteiger charge is -2.27. The molecule has 1 saturated heterocycles. The van der Waals surface area contributed by atoms with Gasteiger partial charge in [-0.25, -0.2) is 0 Å². The molecule has 0 amide bonds. The van der Waals surface area contributed by atoms with Gasteiger partial charge in [0.15, 0.2) is 5.17 Å². The van der Waals surface area contributed by atoms with Crippen LogP contribution in [0.15, 0.2) is 53.7 Å². The summed E-state index contributed by atoms with van der Waals surface area (Å²) in [5.74, 6) is 0. The lowest BCUT2D eigenvalue weighted by atomic mass is 9.96. The Balaban J connectivity index is 1.74. The van der Waals surface area contributed by atoms with E-state index < -0.39 is 0 Å². The number of pyridine rings is 1. The molecule has 2 aliphatic heterocycles. The second kappa shape index (κ2) is 5.90. The minimum atomic E-state index is -0.371. The van der Waals surface area contributed by atoms with Gasteiger partial charge in [-0.1, -0.05) is 36.9 Å². The van der Waals surface area contributed by atoms with Crippen molar-refractivity contribution < 1.29 is 4.92 Å². The number of aromatic nitrogens is 1. The first-order valence-corrected chi connectivity index (χ1v) is 8.68. The van der Waals surface area contributed by atoms with E-state index in [2.05, 4.69) is 16.8 Å². The number of amidine groups is 1. The van der Waals surface area contributed by atoms with Crippen molar-refractivity contribution in [3.63, 3.8) is 0 Å². The first-order chi connectivity index (χ1) is 11.6. The molecule has 7 heteroatoms. The summed E-state index contributed by atoms with van der Waals surface area (Å²) in [7, 11) is 0. The Labute approximate surface area is 143 Å². The number of thioether (sulfide) groups is 1. The van der Waals surface area contributed by atoms with E-state index in [1.54, 1.807) is 30.1 Å². The Bertz CT molecular complexity index is 794. The van der Waals surface area contributed by atoms with Crippen LogP contribution in [0.5, 0.6) is 0 Å². The van der Waals surface area contributed by atoms with E-state index in [1.165, 1.54) is 0 Å². The molecular formula is C17H16N4O2S. The number of benzene rings is 1. The van der Waals surface area contributed by atoms with Crippen molar-refractivity contribution in [2.24, 2.45) is 4.99 Å². The van der Waals surface area contributed by atoms with Crippen molar-refractivity contribution in [2.45, 2.75) is 24.3 Å². The van der Waals surface area contributed by atoms with Crippen molar-refractivity contribution in [1.29, 1.82) is 0 Å². The van der Waals surface area contributed by atoms with E-state index in [4.69, 9.17) is 4.99 Å². The molecule has 0 aliphatic carbocycles. The van der Waals surface area contributed by atoms with E-state index >= 15 is 0 Å². The number of nitro benzene ring substituents is 1. The number of hydrogen-bond acceptors (Lipinski definition) is 6. The maximum absolute atomic E-state index is 10.9. The summed E-state index contributed by atoms with van der Waals surface area (Å²) in [6, 6.07) is 12.6. The van der Waals surface area contributed by atoms with Gasteiger partial charge in [0.1, 0.15) is 6.04 Å². The summed E-state index contributed by atoms with van der Waals surface area (Å²) < 4.78 is 0. The fraction of sp³-hybridized carbons (Fsp3) is 0.294. The predicted octanol–water partition coefficient (Wildman–Crippen LogP) is 3.58. The fourth-order valence-electron chi connectivity index (χ4n) is 3.27. The number of aliphatic imine (C=N–C) groups is 1. The Morgan fingerprint density at radius 1 is 1.25 bits per heavy atom. The number of rotatable bonds is 3. The van der Waals surface area contributed by atoms with Crippen LogP contribution in [0.3, 0.4) is 0 Å². The van der Waals surface area contributed by atoms with Crippen LogP contribution < -0.4 is 0 Å². The molecule has 1 aromatic carbocycles. The number of non-ortho nitro benzene ring substituents is 1. The molecule has 2 aliphatic rings. The summed E-state index contributed by atoms with van der Waals surface area (Å²) >= 11 is 1.78. The van der Waals surface area contributed by atoms with Gasteiger partial charge in [0.25, 0.3) is 5.69 Å². The Hall–Kier alpha value is -2.41. The zero-order valence-electron chi connectivity index (χ0n) is 13.1. The third-order valence-electron chi connectivity index (χ3n) is 4.33. The zero-order chi connectivity index (χ0) is 16.7. The number of hydrogen-bond donors (Lipinski definition) is 0. The monoisotopic (exact) mass is 340 g/mol. The van der Waals surface area contributed by atoms with Crippen LogP contribution in [-0.2, 0) is 0 Å². The van der Waals surface area contributed by atoms with E-state index in [0.717, 1.165) is 23.0 Å². The molecular weight excluding hydrogens is 324 g/mol. The molecule has 0 radical (unpaired) electrons. The van der Waals surface area contributed by atoms with Crippen LogP contribution in [0.2, 0.25) is 0 Å². The first kappa shape index (κ1) is 15.1. The van der Waals surface area contributed by atoms with Gasteiger partial charge >= 0.3 is 0 Å². The highest BCUT2D eigenvalue weighted by Gasteiger charge is 2.43. The third-order valence-corrected chi connectivity index (χ3v) is 5.43. The highest BCUT2D eigenvalue weighted by molar-refractivity contribution is 8.14. The molecule has 122 valence electrons. The molecule has 3 heterocycles. The van der Waals surface area contributed by atoms with Gasteiger partial charge in [-0.3, -0.25) is 20.1 Å². The average molecular weight is 340 g/mol. The fourth-order valence-corrected chi connectivity index (χ4v) is 4.36. The van der Waals surface area contributed by atoms with Gasteiger partial charge in [0.2, 0.25) is 0 Å².